The van der Waals surface area contributed by atoms with E-state index in [0.29, 0.717) is 17.9 Å². The fraction of sp³-hybridized carbons (Fsp3) is 0.333. The summed E-state index contributed by atoms with van der Waals surface area (Å²) in [5.41, 5.74) is 0.301. The van der Waals surface area contributed by atoms with Crippen LogP contribution in [0.3, 0.4) is 0 Å². The summed E-state index contributed by atoms with van der Waals surface area (Å²) < 4.78 is 15.1. The lowest BCUT2D eigenvalue weighted by molar-refractivity contribution is -0.138. The molecule has 1 N–H and O–H groups in total. The van der Waals surface area contributed by atoms with Gasteiger partial charge in [0.15, 0.2) is 5.82 Å². The van der Waals surface area contributed by atoms with Crippen molar-refractivity contribution >= 4 is 5.97 Å². The van der Waals surface area contributed by atoms with E-state index in [-0.39, 0.29) is 12.3 Å². The number of tetrazole rings is 1. The molecule has 1 aromatic heterocycles. The first-order valence-electron chi connectivity index (χ1n) is 5.80. The lowest BCUT2D eigenvalue weighted by Crippen LogP contribution is -2.14. The second kappa shape index (κ2) is 5.55. The molecule has 0 radical (unpaired) electrons. The number of carboxylic acid groups (broad SMARTS) is 1. The van der Waals surface area contributed by atoms with Crippen molar-refractivity contribution in [3.05, 3.63) is 30.1 Å². The van der Waals surface area contributed by atoms with Gasteiger partial charge < -0.3 is 5.11 Å². The van der Waals surface area contributed by atoms with Crippen LogP contribution in [-0.4, -0.2) is 31.3 Å². The SMILES string of the molecule is CC(CC(=O)O)Cn1nnnc1-c1ccccc1F. The minimum atomic E-state index is -0.881. The van der Waals surface area contributed by atoms with Crippen LogP contribution >= 0.6 is 0 Å². The molecule has 2 rings (SSSR count). The first kappa shape index (κ1) is 13.1. The van der Waals surface area contributed by atoms with Crippen LogP contribution in [0.25, 0.3) is 11.4 Å². The van der Waals surface area contributed by atoms with Crippen LogP contribution in [0.2, 0.25) is 0 Å². The van der Waals surface area contributed by atoms with Gasteiger partial charge in [-0.25, -0.2) is 9.07 Å². The Balaban J connectivity index is 2.23. The van der Waals surface area contributed by atoms with Gasteiger partial charge in [0, 0.05) is 13.0 Å². The lowest BCUT2D eigenvalue weighted by atomic mass is 10.1. The Kier molecular flexibility index (Phi) is 3.84. The van der Waals surface area contributed by atoms with E-state index in [1.807, 2.05) is 0 Å². The fourth-order valence-electron chi connectivity index (χ4n) is 1.82. The Morgan fingerprint density at radius 3 is 2.89 bits per heavy atom. The Morgan fingerprint density at radius 2 is 2.21 bits per heavy atom. The molecule has 0 spiro atoms. The van der Waals surface area contributed by atoms with Gasteiger partial charge in [-0.05, 0) is 28.5 Å². The zero-order valence-corrected chi connectivity index (χ0v) is 10.3. The number of hydrogen-bond donors (Lipinski definition) is 1. The van der Waals surface area contributed by atoms with Crippen molar-refractivity contribution in [2.24, 2.45) is 5.92 Å². The highest BCUT2D eigenvalue weighted by molar-refractivity contribution is 5.66. The molecule has 1 atom stereocenters. The van der Waals surface area contributed by atoms with Crippen LogP contribution < -0.4 is 0 Å². The number of hydrogen-bond acceptors (Lipinski definition) is 4. The molecule has 0 saturated heterocycles. The predicted octanol–water partition coefficient (Wildman–Crippen LogP) is 1.59. The van der Waals surface area contributed by atoms with E-state index in [9.17, 15) is 9.18 Å². The van der Waals surface area contributed by atoms with Gasteiger partial charge in [0.2, 0.25) is 0 Å². The zero-order valence-electron chi connectivity index (χ0n) is 10.3. The number of aliphatic carboxylic acids is 1. The van der Waals surface area contributed by atoms with Crippen LogP contribution in [0.1, 0.15) is 13.3 Å². The van der Waals surface area contributed by atoms with Gasteiger partial charge >= 0.3 is 5.97 Å². The highest BCUT2D eigenvalue weighted by atomic mass is 19.1. The number of aromatic nitrogens is 4. The Morgan fingerprint density at radius 1 is 1.47 bits per heavy atom. The van der Waals surface area contributed by atoms with Crippen molar-refractivity contribution in [2.75, 3.05) is 0 Å². The van der Waals surface area contributed by atoms with E-state index in [4.69, 9.17) is 5.11 Å². The second-order valence-corrected chi connectivity index (χ2v) is 4.37. The molecular weight excluding hydrogens is 251 g/mol. The van der Waals surface area contributed by atoms with Crippen LogP contribution in [-0.2, 0) is 11.3 Å². The summed E-state index contributed by atoms with van der Waals surface area (Å²) in [6, 6.07) is 6.19. The van der Waals surface area contributed by atoms with Crippen molar-refractivity contribution in [2.45, 2.75) is 19.9 Å². The molecule has 7 heteroatoms. The Labute approximate surface area is 108 Å². The standard InChI is InChI=1S/C12H13FN4O2/c1-8(6-11(18)19)7-17-12(14-15-16-17)9-4-2-3-5-10(9)13/h2-5,8H,6-7H2,1H3,(H,18,19). The number of carbonyl (C=O) groups is 1. The molecule has 100 valence electrons. The van der Waals surface area contributed by atoms with E-state index < -0.39 is 11.8 Å². The molecule has 0 bridgehead atoms. The highest BCUT2D eigenvalue weighted by Crippen LogP contribution is 2.20. The summed E-state index contributed by atoms with van der Waals surface area (Å²) in [7, 11) is 0. The van der Waals surface area contributed by atoms with E-state index >= 15 is 0 Å². The summed E-state index contributed by atoms with van der Waals surface area (Å²) in [5, 5.41) is 19.8. The van der Waals surface area contributed by atoms with Gasteiger partial charge in [-0.15, -0.1) is 5.10 Å². The molecule has 1 heterocycles. The third-order valence-electron chi connectivity index (χ3n) is 2.65. The summed E-state index contributed by atoms with van der Waals surface area (Å²) in [4.78, 5) is 10.6. The molecule has 0 aliphatic carbocycles. The maximum absolute atomic E-state index is 13.7. The quantitative estimate of drug-likeness (QED) is 0.886. The van der Waals surface area contributed by atoms with Crippen LogP contribution in [0.4, 0.5) is 4.39 Å². The molecule has 1 aromatic carbocycles. The molecular formula is C12H13FN4O2. The lowest BCUT2D eigenvalue weighted by Gasteiger charge is -2.10. The summed E-state index contributed by atoms with van der Waals surface area (Å²) in [6.45, 7) is 2.10. The number of carboxylic acids is 1. The monoisotopic (exact) mass is 264 g/mol. The molecule has 0 aliphatic rings. The topological polar surface area (TPSA) is 80.9 Å². The number of halogens is 1. The van der Waals surface area contributed by atoms with Crippen molar-refractivity contribution < 1.29 is 14.3 Å². The Hall–Kier alpha value is -2.31. The smallest absolute Gasteiger partial charge is 0.303 e. The van der Waals surface area contributed by atoms with E-state index in [1.54, 1.807) is 25.1 Å². The normalized spacial score (nSPS) is 12.3. The van der Waals surface area contributed by atoms with Gasteiger partial charge in [0.25, 0.3) is 0 Å². The summed E-state index contributed by atoms with van der Waals surface area (Å²) in [6.07, 6.45) is 0.0105. The van der Waals surface area contributed by atoms with Gasteiger partial charge in [0.05, 0.1) is 5.56 Å². The van der Waals surface area contributed by atoms with E-state index in [1.165, 1.54) is 10.7 Å². The van der Waals surface area contributed by atoms with E-state index in [0.717, 1.165) is 0 Å². The van der Waals surface area contributed by atoms with E-state index in [2.05, 4.69) is 15.5 Å². The number of nitrogens with zero attached hydrogens (tertiary/aromatic N) is 4. The maximum Gasteiger partial charge on any atom is 0.303 e. The highest BCUT2D eigenvalue weighted by Gasteiger charge is 2.16. The molecule has 0 amide bonds. The number of benzene rings is 1. The van der Waals surface area contributed by atoms with Gasteiger partial charge in [-0.3, -0.25) is 4.79 Å². The first-order chi connectivity index (χ1) is 9.08. The van der Waals surface area contributed by atoms with Gasteiger partial charge in [0.1, 0.15) is 5.82 Å². The molecule has 6 nitrogen and oxygen atoms in total. The first-order valence-corrected chi connectivity index (χ1v) is 5.80. The third kappa shape index (κ3) is 3.12. The van der Waals surface area contributed by atoms with Crippen molar-refractivity contribution in [1.82, 2.24) is 20.2 Å². The average Bonchev–Trinajstić information content (AvgIpc) is 2.76. The molecule has 2 aromatic rings. The van der Waals surface area contributed by atoms with Crippen LogP contribution in [0.5, 0.6) is 0 Å². The third-order valence-corrected chi connectivity index (χ3v) is 2.65. The molecule has 19 heavy (non-hydrogen) atoms. The van der Waals surface area contributed by atoms with Gasteiger partial charge in [-0.1, -0.05) is 19.1 Å². The maximum atomic E-state index is 13.7. The zero-order chi connectivity index (χ0) is 13.8. The predicted molar refractivity (Wildman–Crippen MR) is 64.6 cm³/mol. The largest absolute Gasteiger partial charge is 0.481 e. The van der Waals surface area contributed by atoms with Crippen LogP contribution in [0.15, 0.2) is 24.3 Å². The molecule has 1 unspecified atom stereocenters. The minimum absolute atomic E-state index is 0.0105. The van der Waals surface area contributed by atoms with Crippen LogP contribution in [0, 0.1) is 11.7 Å². The molecule has 0 aliphatic heterocycles. The van der Waals surface area contributed by atoms with Gasteiger partial charge in [-0.2, -0.15) is 0 Å². The minimum Gasteiger partial charge on any atom is -0.481 e. The fourth-order valence-corrected chi connectivity index (χ4v) is 1.82. The average molecular weight is 264 g/mol. The second-order valence-electron chi connectivity index (χ2n) is 4.37. The van der Waals surface area contributed by atoms with Crippen molar-refractivity contribution in [3.63, 3.8) is 0 Å². The van der Waals surface area contributed by atoms with Crippen molar-refractivity contribution in [1.29, 1.82) is 0 Å². The number of rotatable bonds is 5. The molecule has 0 fully saturated rings. The summed E-state index contributed by atoms with van der Waals surface area (Å²) >= 11 is 0. The summed E-state index contributed by atoms with van der Waals surface area (Å²) in [5.74, 6) is -1.14. The molecule has 0 saturated carbocycles. The Bertz CT molecular complexity index is 585. The van der Waals surface area contributed by atoms with Crippen molar-refractivity contribution in [3.8, 4) is 11.4 Å².